The lowest BCUT2D eigenvalue weighted by molar-refractivity contribution is -0.137. The van der Waals surface area contributed by atoms with Gasteiger partial charge in [0.05, 0.1) is 0 Å². The van der Waals surface area contributed by atoms with Gasteiger partial charge in [0, 0.05) is 28.6 Å². The second kappa shape index (κ2) is 5.74. The Morgan fingerprint density at radius 3 is 2.84 bits per heavy atom. The lowest BCUT2D eigenvalue weighted by atomic mass is 10.0. The van der Waals surface area contributed by atoms with Crippen molar-refractivity contribution < 1.29 is 9.90 Å². The summed E-state index contributed by atoms with van der Waals surface area (Å²) in [4.78, 5) is 13.9. The zero-order valence-corrected chi connectivity index (χ0v) is 11.4. The molecule has 0 radical (unpaired) electrons. The molecule has 100 valence electrons. The number of aliphatic carboxylic acids is 1. The Bertz CT molecular complexity index is 623. The summed E-state index contributed by atoms with van der Waals surface area (Å²) in [5.41, 5.74) is 4.76. The molecule has 0 spiro atoms. The number of hydrogen-bond acceptors (Lipinski definition) is 1. The third-order valence-corrected chi connectivity index (χ3v) is 3.33. The van der Waals surface area contributed by atoms with E-state index < -0.39 is 5.97 Å². The largest absolute Gasteiger partial charge is 0.481 e. The van der Waals surface area contributed by atoms with Crippen LogP contribution < -0.4 is 0 Å². The van der Waals surface area contributed by atoms with E-state index in [1.807, 2.05) is 12.1 Å². The average molecular weight is 257 g/mol. The molecule has 0 atom stereocenters. The number of hydrogen-bond donors (Lipinski definition) is 2. The first-order valence-corrected chi connectivity index (χ1v) is 6.56. The third-order valence-electron chi connectivity index (χ3n) is 3.33. The zero-order valence-electron chi connectivity index (χ0n) is 11.4. The molecule has 0 bridgehead atoms. The zero-order chi connectivity index (χ0) is 13.8. The topological polar surface area (TPSA) is 53.1 Å². The summed E-state index contributed by atoms with van der Waals surface area (Å²) in [5, 5.41) is 9.85. The maximum atomic E-state index is 10.5. The van der Waals surface area contributed by atoms with Crippen molar-refractivity contribution >= 4 is 22.4 Å². The molecule has 2 aromatic rings. The van der Waals surface area contributed by atoms with Crippen molar-refractivity contribution in [3.63, 3.8) is 0 Å². The Hall–Kier alpha value is -2.03. The van der Waals surface area contributed by atoms with Crippen LogP contribution in [0.4, 0.5) is 0 Å². The summed E-state index contributed by atoms with van der Waals surface area (Å²) >= 11 is 0. The summed E-state index contributed by atoms with van der Waals surface area (Å²) in [6, 6.07) is 8.25. The molecule has 0 saturated carbocycles. The van der Waals surface area contributed by atoms with Crippen molar-refractivity contribution in [2.75, 3.05) is 0 Å². The van der Waals surface area contributed by atoms with E-state index in [0.717, 1.165) is 17.6 Å². The molecule has 0 amide bonds. The van der Waals surface area contributed by atoms with Gasteiger partial charge in [0.2, 0.25) is 0 Å². The van der Waals surface area contributed by atoms with E-state index in [-0.39, 0.29) is 6.42 Å². The quantitative estimate of drug-likeness (QED) is 0.791. The summed E-state index contributed by atoms with van der Waals surface area (Å²) < 4.78 is 0. The van der Waals surface area contributed by atoms with Gasteiger partial charge in [-0.2, -0.15) is 0 Å². The molecule has 0 aliphatic rings. The lowest BCUT2D eigenvalue weighted by Crippen LogP contribution is -1.92. The number of carboxylic acids is 1. The van der Waals surface area contributed by atoms with Crippen molar-refractivity contribution in [1.82, 2.24) is 4.98 Å². The first kappa shape index (κ1) is 13.4. The molecule has 0 unspecified atom stereocenters. The Morgan fingerprint density at radius 2 is 2.11 bits per heavy atom. The number of para-hydroxylation sites is 1. The average Bonchev–Trinajstić information content (AvgIpc) is 2.70. The molecule has 2 rings (SSSR count). The van der Waals surface area contributed by atoms with Gasteiger partial charge in [0.25, 0.3) is 0 Å². The van der Waals surface area contributed by atoms with Crippen LogP contribution in [0.5, 0.6) is 0 Å². The van der Waals surface area contributed by atoms with E-state index in [2.05, 4.69) is 37.0 Å². The van der Waals surface area contributed by atoms with Crippen LogP contribution in [-0.2, 0) is 4.79 Å². The molecule has 3 heteroatoms. The van der Waals surface area contributed by atoms with Crippen molar-refractivity contribution in [3.8, 4) is 0 Å². The maximum Gasteiger partial charge on any atom is 0.303 e. The van der Waals surface area contributed by atoms with Crippen molar-refractivity contribution in [2.45, 2.75) is 33.1 Å². The highest BCUT2D eigenvalue weighted by Crippen LogP contribution is 2.28. The van der Waals surface area contributed by atoms with Crippen LogP contribution in [-0.4, -0.2) is 16.1 Å². The van der Waals surface area contributed by atoms with Gasteiger partial charge in [-0.05, 0) is 38.3 Å². The molecule has 0 saturated heterocycles. The molecule has 0 fully saturated rings. The number of aromatic amines is 1. The molecule has 1 aromatic carbocycles. The first-order valence-electron chi connectivity index (χ1n) is 6.56. The lowest BCUT2D eigenvalue weighted by Gasteiger charge is -2.02. The number of benzene rings is 1. The van der Waals surface area contributed by atoms with Crippen LogP contribution in [0.25, 0.3) is 16.5 Å². The fourth-order valence-corrected chi connectivity index (χ4v) is 2.46. The van der Waals surface area contributed by atoms with Gasteiger partial charge in [-0.15, -0.1) is 0 Å². The molecule has 19 heavy (non-hydrogen) atoms. The van der Waals surface area contributed by atoms with Crippen molar-refractivity contribution in [2.24, 2.45) is 0 Å². The molecular formula is C16H19NO2. The second-order valence-corrected chi connectivity index (χ2v) is 4.84. The van der Waals surface area contributed by atoms with E-state index in [1.165, 1.54) is 16.5 Å². The predicted octanol–water partition coefficient (Wildman–Crippen LogP) is 4.13. The minimum atomic E-state index is -0.727. The van der Waals surface area contributed by atoms with E-state index >= 15 is 0 Å². The molecule has 0 aliphatic heterocycles. The number of carbonyl (C=O) groups is 1. The number of unbranched alkanes of at least 4 members (excludes halogenated alkanes) is 1. The molecule has 2 N–H and O–H groups in total. The Morgan fingerprint density at radius 1 is 1.37 bits per heavy atom. The van der Waals surface area contributed by atoms with Crippen LogP contribution in [0.3, 0.4) is 0 Å². The molecular weight excluding hydrogens is 238 g/mol. The predicted molar refractivity (Wildman–Crippen MR) is 78.2 cm³/mol. The number of H-pyrrole nitrogens is 1. The van der Waals surface area contributed by atoms with E-state index in [4.69, 9.17) is 5.11 Å². The standard InChI is InChI=1S/C16H19NO2/c1-11(7-3-6-10-15(18)19)16-12(2)17-14-9-5-4-8-13(14)16/h4-5,7-9,17H,3,6,10H2,1-2H3,(H,18,19)/b11-7+. The number of rotatable bonds is 5. The van der Waals surface area contributed by atoms with Crippen LogP contribution in [0.2, 0.25) is 0 Å². The van der Waals surface area contributed by atoms with Crippen LogP contribution in [0, 0.1) is 6.92 Å². The monoisotopic (exact) mass is 257 g/mol. The van der Waals surface area contributed by atoms with E-state index in [0.29, 0.717) is 6.42 Å². The third kappa shape index (κ3) is 3.05. The summed E-state index contributed by atoms with van der Waals surface area (Å²) in [6.07, 6.45) is 3.85. The molecule has 1 heterocycles. The normalized spacial score (nSPS) is 12.0. The van der Waals surface area contributed by atoms with Gasteiger partial charge in [-0.3, -0.25) is 4.79 Å². The highest BCUT2D eigenvalue weighted by molar-refractivity contribution is 5.93. The Balaban J connectivity index is 2.21. The number of nitrogens with one attached hydrogen (secondary N) is 1. The summed E-state index contributed by atoms with van der Waals surface area (Å²) in [7, 11) is 0. The number of aryl methyl sites for hydroxylation is 1. The molecule has 3 nitrogen and oxygen atoms in total. The van der Waals surface area contributed by atoms with E-state index in [1.54, 1.807) is 0 Å². The molecule has 0 aliphatic carbocycles. The second-order valence-electron chi connectivity index (χ2n) is 4.84. The van der Waals surface area contributed by atoms with Gasteiger partial charge >= 0.3 is 5.97 Å². The van der Waals surface area contributed by atoms with Gasteiger partial charge in [-0.1, -0.05) is 24.3 Å². The van der Waals surface area contributed by atoms with Crippen molar-refractivity contribution in [3.05, 3.63) is 41.6 Å². The summed E-state index contributed by atoms with van der Waals surface area (Å²) in [6.45, 7) is 4.16. The number of carboxylic acid groups (broad SMARTS) is 1. The highest BCUT2D eigenvalue weighted by atomic mass is 16.4. The van der Waals surface area contributed by atoms with Crippen LogP contribution in [0.15, 0.2) is 30.3 Å². The first-order chi connectivity index (χ1) is 9.09. The fraction of sp³-hybridized carbons (Fsp3) is 0.312. The minimum absolute atomic E-state index is 0.233. The Kier molecular flexibility index (Phi) is 4.05. The van der Waals surface area contributed by atoms with Gasteiger partial charge in [-0.25, -0.2) is 0 Å². The van der Waals surface area contributed by atoms with Crippen molar-refractivity contribution in [1.29, 1.82) is 0 Å². The number of aromatic nitrogens is 1. The van der Waals surface area contributed by atoms with Gasteiger partial charge in [0.1, 0.15) is 0 Å². The Labute approximate surface area is 113 Å². The summed E-state index contributed by atoms with van der Waals surface area (Å²) in [5.74, 6) is -0.727. The van der Waals surface area contributed by atoms with Gasteiger partial charge in [0.15, 0.2) is 0 Å². The fourth-order valence-electron chi connectivity index (χ4n) is 2.46. The maximum absolute atomic E-state index is 10.5. The molecule has 1 aromatic heterocycles. The SMILES string of the molecule is C/C(=C\CCCC(=O)O)c1c(C)[nH]c2ccccc12. The van der Waals surface area contributed by atoms with Crippen LogP contribution in [0.1, 0.15) is 37.4 Å². The van der Waals surface area contributed by atoms with E-state index in [9.17, 15) is 4.79 Å². The minimum Gasteiger partial charge on any atom is -0.481 e. The number of fused-ring (bicyclic) bond motifs is 1. The van der Waals surface area contributed by atoms with Gasteiger partial charge < -0.3 is 10.1 Å². The highest BCUT2D eigenvalue weighted by Gasteiger charge is 2.08. The van der Waals surface area contributed by atoms with Crippen LogP contribution >= 0.6 is 0 Å². The number of allylic oxidation sites excluding steroid dienone is 2. The smallest absolute Gasteiger partial charge is 0.303 e.